The molecule has 2 atom stereocenters. The number of esters is 1. The fraction of sp³-hybridized carbons (Fsp3) is 0.433. The van der Waals surface area contributed by atoms with Gasteiger partial charge in [0.05, 0.1) is 6.61 Å². The van der Waals surface area contributed by atoms with E-state index in [2.05, 4.69) is 17.1 Å². The molecule has 0 fully saturated rings. The second kappa shape index (κ2) is 14.7. The van der Waals surface area contributed by atoms with E-state index < -0.39 is 0 Å². The maximum absolute atomic E-state index is 12.5. The van der Waals surface area contributed by atoms with E-state index in [1.807, 2.05) is 55.6 Å². The van der Waals surface area contributed by atoms with Crippen LogP contribution >= 0.6 is 11.6 Å². The molecule has 1 N–H and O–H groups in total. The summed E-state index contributed by atoms with van der Waals surface area (Å²) in [6, 6.07) is 17.8. The first-order valence-corrected chi connectivity index (χ1v) is 13.2. The number of aromatic nitrogens is 1. The van der Waals surface area contributed by atoms with Gasteiger partial charge in [0.15, 0.2) is 0 Å². The monoisotopic (exact) mass is 509 g/mol. The quantitative estimate of drug-likeness (QED) is 0.241. The summed E-state index contributed by atoms with van der Waals surface area (Å²) >= 11 is 6.19. The van der Waals surface area contributed by atoms with E-state index in [9.17, 15) is 14.7 Å². The van der Waals surface area contributed by atoms with Gasteiger partial charge in [-0.2, -0.15) is 0 Å². The molecule has 5 nitrogen and oxygen atoms in total. The van der Waals surface area contributed by atoms with Crippen molar-refractivity contribution in [2.24, 2.45) is 11.8 Å². The Labute approximate surface area is 218 Å². The first-order valence-electron chi connectivity index (χ1n) is 12.8. The van der Waals surface area contributed by atoms with Crippen molar-refractivity contribution in [1.82, 2.24) is 4.98 Å². The highest BCUT2D eigenvalue weighted by atomic mass is 35.5. The van der Waals surface area contributed by atoms with Gasteiger partial charge in [-0.3, -0.25) is 14.6 Å². The molecule has 192 valence electrons. The number of carbonyl (C=O) groups excluding carboxylic acids is 2. The van der Waals surface area contributed by atoms with Crippen LogP contribution in [-0.2, 0) is 27.2 Å². The number of hydrogen-bond donors (Lipinski definition) is 1. The van der Waals surface area contributed by atoms with Crippen molar-refractivity contribution < 1.29 is 19.4 Å². The van der Waals surface area contributed by atoms with Crippen LogP contribution in [0, 0.1) is 11.8 Å². The van der Waals surface area contributed by atoms with Crippen LogP contribution in [0.15, 0.2) is 60.8 Å². The van der Waals surface area contributed by atoms with Crippen LogP contribution in [0.2, 0.25) is 5.02 Å². The molecule has 0 spiro atoms. The van der Waals surface area contributed by atoms with Crippen molar-refractivity contribution in [2.75, 3.05) is 13.2 Å². The number of ketones is 1. The van der Waals surface area contributed by atoms with Crippen molar-refractivity contribution in [3.63, 3.8) is 0 Å². The molecule has 0 bridgehead atoms. The molecule has 0 saturated carbocycles. The van der Waals surface area contributed by atoms with Gasteiger partial charge < -0.3 is 9.84 Å². The Hall–Kier alpha value is -2.76. The Bertz CT molecular complexity index is 1130. The number of benzene rings is 2. The van der Waals surface area contributed by atoms with Gasteiger partial charge in [0, 0.05) is 48.2 Å². The van der Waals surface area contributed by atoms with Crippen LogP contribution in [0.5, 0.6) is 0 Å². The average Bonchev–Trinajstić information content (AvgIpc) is 2.87. The van der Waals surface area contributed by atoms with E-state index >= 15 is 0 Å². The van der Waals surface area contributed by atoms with Crippen molar-refractivity contribution >= 4 is 34.1 Å². The number of Topliss-reactive ketones (excluding diaryl/α,β-unsaturated/α-hetero) is 1. The molecule has 3 rings (SSSR count). The zero-order valence-electron chi connectivity index (χ0n) is 21.0. The number of aliphatic hydroxyl groups excluding tert-OH is 1. The zero-order valence-corrected chi connectivity index (χ0v) is 21.8. The second-order valence-corrected chi connectivity index (χ2v) is 9.90. The standard InChI is InChI=1S/C30H36ClNO4/c1-22(18-28(34)13-6-11-23-8-4-5-14-29(23)31)26(16-17-33)21-36-30(35)15-7-12-27-19-24-9-2-3-10-25(24)20-32-27/h2-5,8-10,14,19-20,22,26,33H,6-7,11-13,15-18,21H2,1H3/t22?,26-/m0/s1. The number of ether oxygens (including phenoxy) is 1. The lowest BCUT2D eigenvalue weighted by atomic mass is 9.87. The summed E-state index contributed by atoms with van der Waals surface area (Å²) in [7, 11) is 0. The van der Waals surface area contributed by atoms with Crippen LogP contribution in [0.25, 0.3) is 10.8 Å². The Morgan fingerprint density at radius 2 is 1.72 bits per heavy atom. The second-order valence-electron chi connectivity index (χ2n) is 9.50. The Morgan fingerprint density at radius 3 is 2.50 bits per heavy atom. The van der Waals surface area contributed by atoms with Gasteiger partial charge in [-0.1, -0.05) is 61.0 Å². The highest BCUT2D eigenvalue weighted by molar-refractivity contribution is 6.31. The molecule has 0 amide bonds. The molecule has 0 saturated heterocycles. The number of rotatable bonds is 15. The third kappa shape index (κ3) is 9.03. The predicted octanol–water partition coefficient (Wildman–Crippen LogP) is 6.37. The summed E-state index contributed by atoms with van der Waals surface area (Å²) in [5, 5.41) is 12.5. The summed E-state index contributed by atoms with van der Waals surface area (Å²) < 4.78 is 5.52. The number of halogens is 1. The minimum absolute atomic E-state index is 0.000880. The van der Waals surface area contributed by atoms with Crippen molar-refractivity contribution in [2.45, 2.75) is 58.3 Å². The summed E-state index contributed by atoms with van der Waals surface area (Å²) in [6.07, 6.45) is 6.48. The molecule has 1 heterocycles. The molecule has 2 aromatic carbocycles. The van der Waals surface area contributed by atoms with Crippen LogP contribution in [0.1, 0.15) is 56.7 Å². The molecular formula is C30H36ClNO4. The van der Waals surface area contributed by atoms with Crippen molar-refractivity contribution in [1.29, 1.82) is 0 Å². The Kier molecular flexibility index (Phi) is 11.4. The molecule has 3 aromatic rings. The number of nitrogens with zero attached hydrogens (tertiary/aromatic N) is 1. The zero-order chi connectivity index (χ0) is 25.8. The van der Waals surface area contributed by atoms with Crippen LogP contribution in [-0.4, -0.2) is 35.1 Å². The topological polar surface area (TPSA) is 76.5 Å². The van der Waals surface area contributed by atoms with Gasteiger partial charge in [-0.25, -0.2) is 0 Å². The molecule has 0 aliphatic rings. The maximum atomic E-state index is 12.5. The smallest absolute Gasteiger partial charge is 0.305 e. The summed E-state index contributed by atoms with van der Waals surface area (Å²) in [5.41, 5.74) is 2.02. The number of carbonyl (C=O) groups is 2. The molecule has 36 heavy (non-hydrogen) atoms. The maximum Gasteiger partial charge on any atom is 0.305 e. The van der Waals surface area contributed by atoms with Crippen LogP contribution in [0.4, 0.5) is 0 Å². The first-order chi connectivity index (χ1) is 17.5. The third-order valence-electron chi connectivity index (χ3n) is 6.67. The number of hydrogen-bond acceptors (Lipinski definition) is 5. The third-order valence-corrected chi connectivity index (χ3v) is 7.04. The molecular weight excluding hydrogens is 474 g/mol. The highest BCUT2D eigenvalue weighted by Crippen LogP contribution is 2.23. The largest absolute Gasteiger partial charge is 0.465 e. The molecule has 1 aromatic heterocycles. The fourth-order valence-corrected chi connectivity index (χ4v) is 4.69. The lowest BCUT2D eigenvalue weighted by molar-refractivity contribution is -0.145. The molecule has 0 aliphatic heterocycles. The Balaban J connectivity index is 1.37. The van der Waals surface area contributed by atoms with E-state index in [4.69, 9.17) is 16.3 Å². The summed E-state index contributed by atoms with van der Waals surface area (Å²) in [4.78, 5) is 29.3. The number of pyridine rings is 1. The van der Waals surface area contributed by atoms with E-state index in [1.165, 1.54) is 0 Å². The normalized spacial score (nSPS) is 12.9. The first kappa shape index (κ1) is 27.8. The van der Waals surface area contributed by atoms with Gasteiger partial charge in [0.2, 0.25) is 0 Å². The van der Waals surface area contributed by atoms with Gasteiger partial charge in [-0.15, -0.1) is 0 Å². The van der Waals surface area contributed by atoms with E-state index in [1.54, 1.807) is 0 Å². The molecule has 0 radical (unpaired) electrons. The minimum Gasteiger partial charge on any atom is -0.465 e. The van der Waals surface area contributed by atoms with E-state index in [-0.39, 0.29) is 36.8 Å². The van der Waals surface area contributed by atoms with Gasteiger partial charge in [-0.05, 0) is 67.0 Å². The van der Waals surface area contributed by atoms with E-state index in [0.717, 1.165) is 39.9 Å². The number of aryl methyl sites for hydroxylation is 2. The van der Waals surface area contributed by atoms with Crippen molar-refractivity contribution in [3.8, 4) is 0 Å². The lowest BCUT2D eigenvalue weighted by Gasteiger charge is -2.22. The minimum atomic E-state index is -0.253. The number of fused-ring (bicyclic) bond motifs is 1. The van der Waals surface area contributed by atoms with Crippen LogP contribution in [0.3, 0.4) is 0 Å². The molecule has 0 aliphatic carbocycles. The van der Waals surface area contributed by atoms with Gasteiger partial charge in [0.25, 0.3) is 0 Å². The SMILES string of the molecule is CC(CC(=O)CCCc1ccccc1Cl)[C@@H](CCO)COC(=O)CCCc1cc2ccccc2cn1. The molecule has 6 heteroatoms. The number of aliphatic hydroxyl groups is 1. The lowest BCUT2D eigenvalue weighted by Crippen LogP contribution is -2.23. The Morgan fingerprint density at radius 1 is 1.00 bits per heavy atom. The highest BCUT2D eigenvalue weighted by Gasteiger charge is 2.21. The van der Waals surface area contributed by atoms with E-state index in [0.29, 0.717) is 38.5 Å². The average molecular weight is 510 g/mol. The van der Waals surface area contributed by atoms with Gasteiger partial charge >= 0.3 is 5.97 Å². The predicted molar refractivity (Wildman–Crippen MR) is 144 cm³/mol. The molecule has 1 unspecified atom stereocenters. The van der Waals surface area contributed by atoms with Crippen LogP contribution < -0.4 is 0 Å². The summed E-state index contributed by atoms with van der Waals surface area (Å²) in [5.74, 6) is -0.0862. The van der Waals surface area contributed by atoms with Crippen molar-refractivity contribution in [3.05, 3.63) is 77.1 Å². The fourth-order valence-electron chi connectivity index (χ4n) is 4.45. The van der Waals surface area contributed by atoms with Gasteiger partial charge in [0.1, 0.15) is 5.78 Å². The summed E-state index contributed by atoms with van der Waals surface area (Å²) in [6.45, 7) is 2.22.